The van der Waals surface area contributed by atoms with Gasteiger partial charge in [0.15, 0.2) is 44.0 Å². The van der Waals surface area contributed by atoms with Crippen LogP contribution in [0.4, 0.5) is 0 Å². The summed E-state index contributed by atoms with van der Waals surface area (Å²) >= 11 is 0. The van der Waals surface area contributed by atoms with Crippen molar-refractivity contribution >= 4 is 0 Å². The first-order chi connectivity index (χ1) is 36.6. The lowest BCUT2D eigenvalue weighted by molar-refractivity contribution is -0.369. The second-order valence-electron chi connectivity index (χ2n) is 26.0. The molecule has 77 heavy (non-hydrogen) atoms. The molecule has 0 radical (unpaired) electrons. The van der Waals surface area contributed by atoms with Gasteiger partial charge in [-0.3, -0.25) is 0 Å². The Morgan fingerprint density at radius 1 is 0.312 bits per heavy atom. The average Bonchev–Trinajstić information content (AvgIpc) is 3.94. The molecule has 0 spiro atoms. The molecule has 8 fully saturated rings. The van der Waals surface area contributed by atoms with Gasteiger partial charge in [-0.2, -0.15) is 0 Å². The van der Waals surface area contributed by atoms with Crippen LogP contribution in [0.5, 0.6) is 0 Å². The lowest BCUT2D eigenvalue weighted by Gasteiger charge is -2.52. The quantitative estimate of drug-likeness (QED) is 0.133. The molecule has 8 heterocycles. The summed E-state index contributed by atoms with van der Waals surface area (Å²) in [5.41, 5.74) is 0. The van der Waals surface area contributed by atoms with E-state index in [-0.39, 0.29) is 169 Å². The summed E-state index contributed by atoms with van der Waals surface area (Å²) in [6, 6.07) is 0. The minimum Gasteiger partial charge on any atom is -0.394 e. The van der Waals surface area contributed by atoms with Crippen LogP contribution in [0, 0.1) is 82.9 Å². The Labute approximate surface area is 464 Å². The lowest BCUT2D eigenvalue weighted by Crippen LogP contribution is -2.60. The van der Waals surface area contributed by atoms with Gasteiger partial charge in [0.1, 0.15) is 12.2 Å². The Bertz CT molecular complexity index is 1800. The van der Waals surface area contributed by atoms with Crippen LogP contribution < -0.4 is 0 Å². The van der Waals surface area contributed by atoms with Crippen molar-refractivity contribution in [1.29, 1.82) is 0 Å². The largest absolute Gasteiger partial charge is 0.394 e. The van der Waals surface area contributed by atoms with Crippen molar-refractivity contribution in [2.24, 2.45) is 82.9 Å². The van der Waals surface area contributed by atoms with Crippen LogP contribution in [-0.4, -0.2) is 153 Å². The van der Waals surface area contributed by atoms with Gasteiger partial charge < -0.3 is 76.5 Å². The summed E-state index contributed by atoms with van der Waals surface area (Å²) < 4.78 is 94.9. The maximum Gasteiger partial charge on any atom is 0.161 e. The van der Waals surface area contributed by atoms with Crippen molar-refractivity contribution in [3.05, 3.63) is 0 Å². The number of aliphatic hydroxyl groups excluding tert-OH is 2. The first kappa shape index (κ1) is 62.4. The monoisotopic (exact) mass is 1100 g/mol. The van der Waals surface area contributed by atoms with Crippen molar-refractivity contribution in [2.45, 2.75) is 293 Å². The van der Waals surface area contributed by atoms with Crippen molar-refractivity contribution in [1.82, 2.24) is 0 Å². The van der Waals surface area contributed by atoms with Gasteiger partial charge in [-0.1, -0.05) is 132 Å². The van der Waals surface area contributed by atoms with Crippen molar-refractivity contribution in [3.63, 3.8) is 0 Å². The molecule has 8 rings (SSSR count). The first-order valence-corrected chi connectivity index (χ1v) is 31.0. The van der Waals surface area contributed by atoms with Crippen molar-refractivity contribution in [3.8, 4) is 0 Å². The fourth-order valence-electron chi connectivity index (χ4n) is 14.3. The Morgan fingerprint density at radius 3 is 0.831 bits per heavy atom. The Morgan fingerprint density at radius 2 is 0.558 bits per heavy atom. The van der Waals surface area contributed by atoms with E-state index in [1.165, 1.54) is 0 Å². The summed E-state index contributed by atoms with van der Waals surface area (Å²) in [4.78, 5) is 0. The fourth-order valence-corrected chi connectivity index (χ4v) is 14.3. The summed E-state index contributed by atoms with van der Waals surface area (Å²) in [7, 11) is 0. The van der Waals surface area contributed by atoms with Gasteiger partial charge in [-0.25, -0.2) is 0 Å². The van der Waals surface area contributed by atoms with Crippen LogP contribution >= 0.6 is 0 Å². The van der Waals surface area contributed by atoms with Gasteiger partial charge >= 0.3 is 0 Å². The van der Waals surface area contributed by atoms with Crippen LogP contribution in [0.25, 0.3) is 0 Å². The Hall–Kier alpha value is -0.640. The van der Waals surface area contributed by atoms with Crippen molar-refractivity contribution in [2.75, 3.05) is 13.2 Å². The van der Waals surface area contributed by atoms with Gasteiger partial charge in [-0.05, 0) is 73.5 Å². The average molecular weight is 1100 g/mol. The molecule has 8 aliphatic heterocycles. The molecule has 2 bridgehead atoms. The van der Waals surface area contributed by atoms with Crippen LogP contribution in [0.2, 0.25) is 0 Å². The van der Waals surface area contributed by atoms with E-state index in [0.29, 0.717) is 12.5 Å². The predicted octanol–water partition coefficient (Wildman–Crippen LogP) is 9.71. The molecule has 8 saturated heterocycles. The zero-order valence-corrected chi connectivity index (χ0v) is 50.8. The second kappa shape index (κ2) is 26.5. The van der Waals surface area contributed by atoms with Gasteiger partial charge in [0.2, 0.25) is 0 Å². The normalized spacial score (nSPS) is 54.6. The number of rotatable bonds is 18. The maximum atomic E-state index is 10.7. The van der Waals surface area contributed by atoms with E-state index in [4.69, 9.17) is 66.3 Å². The van der Waals surface area contributed by atoms with E-state index < -0.39 is 43.7 Å². The summed E-state index contributed by atoms with van der Waals surface area (Å²) in [6.45, 7) is 41.9. The number of fused-ring (bicyclic) bond motifs is 2. The third-order valence-electron chi connectivity index (χ3n) is 21.6. The van der Waals surface area contributed by atoms with Gasteiger partial charge in [-0.15, -0.1) is 0 Å². The molecule has 8 aliphatic rings. The highest BCUT2D eigenvalue weighted by molar-refractivity contribution is 4.97. The highest BCUT2D eigenvalue weighted by Crippen LogP contribution is 2.47. The highest BCUT2D eigenvalue weighted by Gasteiger charge is 2.55. The zero-order chi connectivity index (χ0) is 56.1. The van der Waals surface area contributed by atoms with Crippen LogP contribution in [0.3, 0.4) is 0 Å². The standard InChI is InChI=1S/C61H108O16/c1-20-41-49(72-56-34(13)27(6)48(63)46(25-62)70-56)29(8)36(15)57(65-41)73-50-30(9)37(16)58(66-42(50)21-2)74-51-31(10)38(17)59(67-43(51)22-3)75-52-32(11)39(18)60(68-44(52)23-4)76-53-33(12)40(19)61(69-45(53)24-5)77-54-28(7)35(14)55-64-26-47(54)71-55/h27-63H,20-26H2,1-19H3/t27-,28?,29-,30?,31?,32-,33-,34+,35?,36?,37?,38?,39?,40?,41?,42?,43?,44?,45?,46?,47+,48+,49+,50+,51+,52+,53+,54+,55-,56?,57+,58-,59+,60+,61+/m1/s1. The SMILES string of the molecule is CCC1O[C@@H](O[C@@H]2C(CC)O[C@@H](O[C@@H]3C(CC)O[C@@H](O[C@H]4C(C)C(C)[C@@H]5OC[C@@H]4O5)C(C)[C@H]3C)C(C)[C@H]2C)C(C)C(C)[C@@H]1O[C@H]1OC(CC)[C@@H](O[C@@H]2OC(CC)[C@@H](OC3OC(CO)[C@@H](O)[C@H](C)[C@@H]3C)[C@H](C)C2C)C(C)C1C. The zero-order valence-electron chi connectivity index (χ0n) is 50.8. The number of hydrogen-bond donors (Lipinski definition) is 2. The minimum absolute atomic E-state index is 0.0122. The van der Waals surface area contributed by atoms with Crippen molar-refractivity contribution < 1.29 is 76.5 Å². The third kappa shape index (κ3) is 12.5. The van der Waals surface area contributed by atoms with E-state index >= 15 is 0 Å². The van der Waals surface area contributed by atoms with Gasteiger partial charge in [0, 0.05) is 41.4 Å². The van der Waals surface area contributed by atoms with E-state index in [9.17, 15) is 10.2 Å². The smallest absolute Gasteiger partial charge is 0.161 e. The molecule has 0 saturated carbocycles. The maximum absolute atomic E-state index is 10.7. The van der Waals surface area contributed by atoms with Crippen LogP contribution in [0.1, 0.15) is 164 Å². The molecular formula is C61H108O16. The fraction of sp³-hybridized carbons (Fsp3) is 1.00. The van der Waals surface area contributed by atoms with E-state index in [0.717, 1.165) is 32.1 Å². The Balaban J connectivity index is 0.859. The lowest BCUT2D eigenvalue weighted by atomic mass is 9.80. The van der Waals surface area contributed by atoms with E-state index in [2.05, 4.69) is 118 Å². The molecule has 0 aromatic carbocycles. The predicted molar refractivity (Wildman–Crippen MR) is 289 cm³/mol. The molecule has 2 N–H and O–H groups in total. The first-order valence-electron chi connectivity index (χ1n) is 31.0. The summed E-state index contributed by atoms with van der Waals surface area (Å²) in [6.07, 6.45) is -2.55. The molecule has 16 heteroatoms. The van der Waals surface area contributed by atoms with Gasteiger partial charge in [0.05, 0.1) is 86.5 Å². The molecule has 0 aromatic heterocycles. The molecule has 0 aromatic rings. The molecule has 35 atom stereocenters. The molecule has 0 aliphatic carbocycles. The number of hydrogen-bond acceptors (Lipinski definition) is 16. The summed E-state index contributed by atoms with van der Waals surface area (Å²) in [5, 5.41) is 20.7. The molecule has 16 nitrogen and oxygen atoms in total. The van der Waals surface area contributed by atoms with E-state index in [1.807, 2.05) is 13.8 Å². The van der Waals surface area contributed by atoms with Crippen LogP contribution in [-0.2, 0) is 66.3 Å². The van der Waals surface area contributed by atoms with Crippen LogP contribution in [0.15, 0.2) is 0 Å². The summed E-state index contributed by atoms with van der Waals surface area (Å²) in [5.74, 6) is 1.22. The Kier molecular flexibility index (Phi) is 21.5. The van der Waals surface area contributed by atoms with E-state index in [1.54, 1.807) is 0 Å². The van der Waals surface area contributed by atoms with Gasteiger partial charge in [0.25, 0.3) is 0 Å². The minimum atomic E-state index is -0.749. The molecule has 16 unspecified atom stereocenters. The topological polar surface area (TPSA) is 170 Å². The second-order valence-corrected chi connectivity index (χ2v) is 26.0. The molecular weight excluding hydrogens is 989 g/mol. The number of aliphatic hydroxyl groups is 2. The molecule has 0 amide bonds. The molecule has 448 valence electrons. The number of ether oxygens (including phenoxy) is 14. The highest BCUT2D eigenvalue weighted by atomic mass is 16.8. The third-order valence-corrected chi connectivity index (χ3v) is 21.6.